The van der Waals surface area contributed by atoms with Gasteiger partial charge in [0.25, 0.3) is 0 Å². The van der Waals surface area contributed by atoms with Crippen LogP contribution >= 0.6 is 11.6 Å². The minimum absolute atomic E-state index is 0.134. The number of nitrogens with one attached hydrogen (secondary N) is 1. The first-order valence-electron chi connectivity index (χ1n) is 6.61. The van der Waals surface area contributed by atoms with E-state index in [4.69, 9.17) is 21.1 Å². The maximum Gasteiger partial charge on any atom is 0.166 e. The van der Waals surface area contributed by atoms with E-state index in [1.54, 1.807) is 12.1 Å². The Morgan fingerprint density at radius 1 is 1.53 bits per heavy atom. The second kappa shape index (κ2) is 7.08. The number of ether oxygens (including phenoxy) is 2. The molecule has 1 aromatic carbocycles. The highest BCUT2D eigenvalue weighted by atomic mass is 35.5. The fourth-order valence-electron chi connectivity index (χ4n) is 2.23. The van der Waals surface area contributed by atoms with Crippen LogP contribution in [0.4, 0.5) is 4.39 Å². The van der Waals surface area contributed by atoms with Crippen LogP contribution < -0.4 is 10.1 Å². The lowest BCUT2D eigenvalue weighted by Crippen LogP contribution is -2.33. The second-order valence-electron chi connectivity index (χ2n) is 4.64. The van der Waals surface area contributed by atoms with Gasteiger partial charge in [0.1, 0.15) is 6.10 Å². The van der Waals surface area contributed by atoms with Crippen LogP contribution in [0.15, 0.2) is 18.2 Å². The monoisotopic (exact) mass is 287 g/mol. The van der Waals surface area contributed by atoms with Gasteiger partial charge in [-0.15, -0.1) is 0 Å². The molecule has 0 radical (unpaired) electrons. The largest absolute Gasteiger partial charge is 0.485 e. The van der Waals surface area contributed by atoms with Crippen molar-refractivity contribution >= 4 is 11.6 Å². The number of halogens is 2. The topological polar surface area (TPSA) is 30.5 Å². The van der Waals surface area contributed by atoms with Crippen molar-refractivity contribution in [3.63, 3.8) is 0 Å². The van der Waals surface area contributed by atoms with E-state index in [0.29, 0.717) is 24.2 Å². The molecule has 0 bridgehead atoms. The Labute approximate surface area is 118 Å². The van der Waals surface area contributed by atoms with Gasteiger partial charge in [-0.1, -0.05) is 11.6 Å². The summed E-state index contributed by atoms with van der Waals surface area (Å²) >= 11 is 5.73. The van der Waals surface area contributed by atoms with Crippen molar-refractivity contribution in [3.8, 4) is 5.75 Å². The fourth-order valence-corrected chi connectivity index (χ4v) is 2.39. The Hall–Kier alpha value is -0.840. The van der Waals surface area contributed by atoms with Gasteiger partial charge in [0.15, 0.2) is 11.6 Å². The van der Waals surface area contributed by atoms with Crippen molar-refractivity contribution < 1.29 is 13.9 Å². The van der Waals surface area contributed by atoms with Crippen LogP contribution in [0.5, 0.6) is 5.75 Å². The average molecular weight is 288 g/mol. The minimum atomic E-state index is -0.431. The lowest BCUT2D eigenvalue weighted by Gasteiger charge is -2.24. The lowest BCUT2D eigenvalue weighted by molar-refractivity contribution is 0.0271. The molecule has 2 atom stereocenters. The quantitative estimate of drug-likeness (QED) is 0.873. The number of rotatable bonds is 6. The summed E-state index contributed by atoms with van der Waals surface area (Å²) in [6.07, 6.45) is 0.887. The molecule has 0 aliphatic carbocycles. The van der Waals surface area contributed by atoms with Crippen LogP contribution in [0, 0.1) is 11.7 Å². The molecular weight excluding hydrogens is 269 g/mol. The number of hydrogen-bond acceptors (Lipinski definition) is 3. The highest BCUT2D eigenvalue weighted by Crippen LogP contribution is 2.25. The molecule has 5 heteroatoms. The molecule has 1 N–H and O–H groups in total. The summed E-state index contributed by atoms with van der Waals surface area (Å²) in [5, 5.41) is 3.66. The van der Waals surface area contributed by atoms with Gasteiger partial charge in [0, 0.05) is 24.1 Å². The molecule has 1 aliphatic heterocycles. The van der Waals surface area contributed by atoms with Crippen molar-refractivity contribution in [2.45, 2.75) is 19.4 Å². The second-order valence-corrected chi connectivity index (χ2v) is 5.08. The van der Waals surface area contributed by atoms with Gasteiger partial charge in [-0.3, -0.25) is 0 Å². The summed E-state index contributed by atoms with van der Waals surface area (Å²) in [5.41, 5.74) is 0. The van der Waals surface area contributed by atoms with Crippen molar-refractivity contribution in [1.29, 1.82) is 0 Å². The molecule has 1 aromatic rings. The van der Waals surface area contributed by atoms with Crippen LogP contribution in [0.2, 0.25) is 5.02 Å². The van der Waals surface area contributed by atoms with Gasteiger partial charge in [-0.2, -0.15) is 0 Å². The summed E-state index contributed by atoms with van der Waals surface area (Å²) in [4.78, 5) is 0. The van der Waals surface area contributed by atoms with Crippen molar-refractivity contribution in [2.75, 3.05) is 26.3 Å². The molecule has 0 saturated carbocycles. The fraction of sp³-hybridized carbons (Fsp3) is 0.571. The van der Waals surface area contributed by atoms with E-state index in [1.165, 1.54) is 6.07 Å². The summed E-state index contributed by atoms with van der Waals surface area (Å²) < 4.78 is 25.0. The summed E-state index contributed by atoms with van der Waals surface area (Å²) in [6.45, 7) is 4.90. The summed E-state index contributed by atoms with van der Waals surface area (Å²) in [5.74, 6) is 0.155. The molecule has 0 aromatic heterocycles. The maximum atomic E-state index is 13.8. The van der Waals surface area contributed by atoms with Crippen molar-refractivity contribution in [1.82, 2.24) is 5.32 Å². The maximum absolute atomic E-state index is 13.8. The Bertz CT molecular complexity index is 410. The molecule has 1 aliphatic rings. The normalized spacial score (nSPS) is 20.5. The Morgan fingerprint density at radius 3 is 3.00 bits per heavy atom. The standard InChI is InChI=1S/C14H19ClFNO2/c1-2-18-9-14(10-5-6-17-8-10)19-13-4-3-11(15)7-12(13)16/h3-4,7,10,14,17H,2,5-6,8-9H2,1H3/t10-,14-/m0/s1. The van der Waals surface area contributed by atoms with E-state index in [-0.39, 0.29) is 11.9 Å². The highest BCUT2D eigenvalue weighted by Gasteiger charge is 2.27. The van der Waals surface area contributed by atoms with Gasteiger partial charge in [0.05, 0.1) is 6.61 Å². The molecule has 106 valence electrons. The van der Waals surface area contributed by atoms with Gasteiger partial charge in [-0.25, -0.2) is 4.39 Å². The first kappa shape index (κ1) is 14.6. The van der Waals surface area contributed by atoms with Crippen LogP contribution in [-0.4, -0.2) is 32.4 Å². The molecule has 3 nitrogen and oxygen atoms in total. The van der Waals surface area contributed by atoms with E-state index in [9.17, 15) is 4.39 Å². The van der Waals surface area contributed by atoms with Crippen LogP contribution in [0.3, 0.4) is 0 Å². The average Bonchev–Trinajstić information content (AvgIpc) is 2.90. The Balaban J connectivity index is 2.05. The predicted octanol–water partition coefficient (Wildman–Crippen LogP) is 2.87. The molecule has 19 heavy (non-hydrogen) atoms. The van der Waals surface area contributed by atoms with Gasteiger partial charge in [0.2, 0.25) is 0 Å². The highest BCUT2D eigenvalue weighted by molar-refractivity contribution is 6.30. The van der Waals surface area contributed by atoms with Gasteiger partial charge >= 0.3 is 0 Å². The van der Waals surface area contributed by atoms with Gasteiger partial charge in [-0.05, 0) is 38.1 Å². The van der Waals surface area contributed by atoms with E-state index in [2.05, 4.69) is 5.32 Å². The first-order chi connectivity index (χ1) is 9.20. The van der Waals surface area contributed by atoms with E-state index in [0.717, 1.165) is 19.5 Å². The number of benzene rings is 1. The third-order valence-electron chi connectivity index (χ3n) is 3.28. The minimum Gasteiger partial charge on any atom is -0.485 e. The van der Waals surface area contributed by atoms with E-state index >= 15 is 0 Å². The van der Waals surface area contributed by atoms with E-state index < -0.39 is 5.82 Å². The lowest BCUT2D eigenvalue weighted by atomic mass is 10.0. The Morgan fingerprint density at radius 2 is 2.37 bits per heavy atom. The molecule has 2 rings (SSSR count). The molecule has 0 amide bonds. The molecule has 0 unspecified atom stereocenters. The van der Waals surface area contributed by atoms with E-state index in [1.807, 2.05) is 6.92 Å². The summed E-state index contributed by atoms with van der Waals surface area (Å²) in [7, 11) is 0. The zero-order valence-electron chi connectivity index (χ0n) is 11.0. The van der Waals surface area contributed by atoms with Crippen LogP contribution in [0.1, 0.15) is 13.3 Å². The zero-order chi connectivity index (χ0) is 13.7. The molecule has 1 fully saturated rings. The van der Waals surface area contributed by atoms with Crippen LogP contribution in [-0.2, 0) is 4.74 Å². The third kappa shape index (κ3) is 4.06. The third-order valence-corrected chi connectivity index (χ3v) is 3.52. The first-order valence-corrected chi connectivity index (χ1v) is 6.98. The SMILES string of the molecule is CCOC[C@H](Oc1ccc(Cl)cc1F)[C@H]1CCNC1. The molecule has 0 spiro atoms. The molecule has 1 heterocycles. The number of hydrogen-bond donors (Lipinski definition) is 1. The van der Waals surface area contributed by atoms with Crippen molar-refractivity contribution in [3.05, 3.63) is 29.0 Å². The molecular formula is C14H19ClFNO2. The van der Waals surface area contributed by atoms with Crippen molar-refractivity contribution in [2.24, 2.45) is 5.92 Å². The zero-order valence-corrected chi connectivity index (χ0v) is 11.8. The van der Waals surface area contributed by atoms with Crippen LogP contribution in [0.25, 0.3) is 0 Å². The Kier molecular flexibility index (Phi) is 5.43. The summed E-state index contributed by atoms with van der Waals surface area (Å²) in [6, 6.07) is 4.46. The van der Waals surface area contributed by atoms with Gasteiger partial charge < -0.3 is 14.8 Å². The predicted molar refractivity (Wildman–Crippen MR) is 73.3 cm³/mol. The molecule has 1 saturated heterocycles. The smallest absolute Gasteiger partial charge is 0.166 e.